The second-order valence-corrected chi connectivity index (χ2v) is 4.38. The topological polar surface area (TPSA) is 41.6 Å². The van der Waals surface area contributed by atoms with Crippen molar-refractivity contribution in [1.29, 1.82) is 0 Å². The number of imidazole rings is 1. The number of halogens is 2. The van der Waals surface area contributed by atoms with Gasteiger partial charge in [-0.3, -0.25) is 0 Å². The standard InChI is InChI=1S/C12H7Cl2N3/c13-8-3-1-7(2-4-8)12-16-9-5-6-15-11(14)10(9)17-12/h1-6H,(H,16,17). The van der Waals surface area contributed by atoms with E-state index in [-0.39, 0.29) is 0 Å². The molecule has 2 heterocycles. The third-order valence-corrected chi connectivity index (χ3v) is 3.00. The average molecular weight is 264 g/mol. The van der Waals surface area contributed by atoms with Gasteiger partial charge in [0.15, 0.2) is 5.15 Å². The number of pyridine rings is 1. The number of nitrogens with zero attached hydrogens (tertiary/aromatic N) is 2. The van der Waals surface area contributed by atoms with Gasteiger partial charge in [0.1, 0.15) is 11.3 Å². The molecule has 3 nitrogen and oxygen atoms in total. The highest BCUT2D eigenvalue weighted by Crippen LogP contribution is 2.24. The van der Waals surface area contributed by atoms with Crippen molar-refractivity contribution >= 4 is 34.2 Å². The minimum atomic E-state index is 0.402. The smallest absolute Gasteiger partial charge is 0.156 e. The van der Waals surface area contributed by atoms with Gasteiger partial charge in [-0.15, -0.1) is 0 Å². The lowest BCUT2D eigenvalue weighted by Crippen LogP contribution is -1.79. The summed E-state index contributed by atoms with van der Waals surface area (Å²) in [5.74, 6) is 0.756. The van der Waals surface area contributed by atoms with Crippen LogP contribution in [0.5, 0.6) is 0 Å². The molecule has 0 saturated heterocycles. The molecule has 0 aliphatic carbocycles. The number of nitrogens with one attached hydrogen (secondary N) is 1. The number of fused-ring (bicyclic) bond motifs is 1. The maximum absolute atomic E-state index is 5.97. The number of H-pyrrole nitrogens is 1. The molecule has 3 rings (SSSR count). The van der Waals surface area contributed by atoms with E-state index in [0.717, 1.165) is 16.9 Å². The van der Waals surface area contributed by atoms with E-state index in [1.165, 1.54) is 0 Å². The molecule has 0 bridgehead atoms. The van der Waals surface area contributed by atoms with Crippen LogP contribution in [0.1, 0.15) is 0 Å². The Labute approximate surface area is 107 Å². The minimum Gasteiger partial charge on any atom is -0.338 e. The number of hydrogen-bond donors (Lipinski definition) is 1. The van der Waals surface area contributed by atoms with Gasteiger partial charge in [-0.1, -0.05) is 23.2 Å². The molecule has 0 amide bonds. The van der Waals surface area contributed by atoms with Gasteiger partial charge in [0.05, 0.1) is 5.52 Å². The molecule has 1 aromatic carbocycles. The van der Waals surface area contributed by atoms with Crippen molar-refractivity contribution < 1.29 is 0 Å². The van der Waals surface area contributed by atoms with Gasteiger partial charge in [0.25, 0.3) is 0 Å². The molecule has 0 unspecified atom stereocenters. The predicted molar refractivity (Wildman–Crippen MR) is 69.3 cm³/mol. The van der Waals surface area contributed by atoms with E-state index in [9.17, 15) is 0 Å². The Morgan fingerprint density at radius 3 is 2.47 bits per heavy atom. The maximum Gasteiger partial charge on any atom is 0.156 e. The van der Waals surface area contributed by atoms with Gasteiger partial charge in [0.2, 0.25) is 0 Å². The lowest BCUT2D eigenvalue weighted by molar-refractivity contribution is 1.33. The predicted octanol–water partition coefficient (Wildman–Crippen LogP) is 3.93. The zero-order valence-corrected chi connectivity index (χ0v) is 10.1. The van der Waals surface area contributed by atoms with Gasteiger partial charge in [-0.25, -0.2) is 9.97 Å². The summed E-state index contributed by atoms with van der Waals surface area (Å²) in [6, 6.07) is 9.30. The van der Waals surface area contributed by atoms with Crippen molar-refractivity contribution in [2.45, 2.75) is 0 Å². The maximum atomic E-state index is 5.97. The SMILES string of the molecule is Clc1ccc(-c2nc3c(Cl)nccc3[nH]2)cc1. The van der Waals surface area contributed by atoms with Gasteiger partial charge in [-0.2, -0.15) is 0 Å². The van der Waals surface area contributed by atoms with Crippen molar-refractivity contribution in [3.63, 3.8) is 0 Å². The fourth-order valence-corrected chi connectivity index (χ4v) is 1.97. The number of benzene rings is 1. The first-order valence-electron chi connectivity index (χ1n) is 5.00. The van der Waals surface area contributed by atoms with Gasteiger partial charge in [0, 0.05) is 16.8 Å². The van der Waals surface area contributed by atoms with Crippen molar-refractivity contribution in [1.82, 2.24) is 15.0 Å². The third-order valence-electron chi connectivity index (χ3n) is 2.47. The highest BCUT2D eigenvalue weighted by Gasteiger charge is 2.08. The fraction of sp³-hybridized carbons (Fsp3) is 0. The molecule has 0 fully saturated rings. The monoisotopic (exact) mass is 263 g/mol. The summed E-state index contributed by atoms with van der Waals surface area (Å²) >= 11 is 11.8. The van der Waals surface area contributed by atoms with Crippen LogP contribution < -0.4 is 0 Å². The normalized spacial score (nSPS) is 10.9. The van der Waals surface area contributed by atoms with E-state index >= 15 is 0 Å². The van der Waals surface area contributed by atoms with E-state index < -0.39 is 0 Å². The summed E-state index contributed by atoms with van der Waals surface area (Å²) in [5, 5.41) is 1.10. The zero-order valence-electron chi connectivity index (χ0n) is 8.61. The van der Waals surface area contributed by atoms with Crippen molar-refractivity contribution in [2.75, 3.05) is 0 Å². The first-order chi connectivity index (χ1) is 8.24. The zero-order chi connectivity index (χ0) is 11.8. The Balaban J connectivity index is 2.18. The van der Waals surface area contributed by atoms with Crippen LogP contribution in [0.25, 0.3) is 22.4 Å². The molecule has 3 aromatic rings. The average Bonchev–Trinajstić information content (AvgIpc) is 2.75. The Bertz CT molecular complexity index is 674. The van der Waals surface area contributed by atoms with Crippen LogP contribution in [-0.4, -0.2) is 15.0 Å². The molecular weight excluding hydrogens is 257 g/mol. The Morgan fingerprint density at radius 2 is 1.76 bits per heavy atom. The lowest BCUT2D eigenvalue weighted by atomic mass is 10.2. The molecule has 84 valence electrons. The van der Waals surface area contributed by atoms with Gasteiger partial charge < -0.3 is 4.98 Å². The highest BCUT2D eigenvalue weighted by atomic mass is 35.5. The van der Waals surface area contributed by atoms with Crippen molar-refractivity contribution in [3.8, 4) is 11.4 Å². The summed E-state index contributed by atoms with van der Waals surface area (Å²) in [5.41, 5.74) is 2.51. The van der Waals surface area contributed by atoms with E-state index in [1.54, 1.807) is 6.20 Å². The van der Waals surface area contributed by atoms with Gasteiger partial charge >= 0.3 is 0 Å². The molecule has 0 spiro atoms. The summed E-state index contributed by atoms with van der Waals surface area (Å²) in [6.45, 7) is 0. The molecule has 17 heavy (non-hydrogen) atoms. The van der Waals surface area contributed by atoms with Crippen LogP contribution in [-0.2, 0) is 0 Å². The first-order valence-corrected chi connectivity index (χ1v) is 5.76. The lowest BCUT2D eigenvalue weighted by Gasteiger charge is -1.95. The fourth-order valence-electron chi connectivity index (χ4n) is 1.65. The molecule has 2 aromatic heterocycles. The summed E-state index contributed by atoms with van der Waals surface area (Å²) in [7, 11) is 0. The third kappa shape index (κ3) is 1.88. The van der Waals surface area contributed by atoms with Crippen molar-refractivity contribution in [3.05, 3.63) is 46.7 Å². The summed E-state index contributed by atoms with van der Waals surface area (Å²) in [6.07, 6.45) is 1.65. The number of rotatable bonds is 1. The van der Waals surface area contributed by atoms with E-state index in [0.29, 0.717) is 15.7 Å². The number of hydrogen-bond acceptors (Lipinski definition) is 2. The minimum absolute atomic E-state index is 0.402. The molecule has 5 heteroatoms. The summed E-state index contributed by atoms with van der Waals surface area (Å²) in [4.78, 5) is 11.6. The highest BCUT2D eigenvalue weighted by molar-refractivity contribution is 6.33. The van der Waals surface area contributed by atoms with E-state index in [4.69, 9.17) is 23.2 Å². The van der Waals surface area contributed by atoms with Gasteiger partial charge in [-0.05, 0) is 30.3 Å². The van der Waals surface area contributed by atoms with Crippen LogP contribution in [0, 0.1) is 0 Å². The van der Waals surface area contributed by atoms with E-state index in [1.807, 2.05) is 30.3 Å². The molecule has 0 aliphatic heterocycles. The molecule has 0 atom stereocenters. The van der Waals surface area contributed by atoms with Crippen LogP contribution >= 0.6 is 23.2 Å². The molecule has 1 N–H and O–H groups in total. The van der Waals surface area contributed by atoms with E-state index in [2.05, 4.69) is 15.0 Å². The molecule has 0 saturated carbocycles. The summed E-state index contributed by atoms with van der Waals surface area (Å²) < 4.78 is 0. The molecular formula is C12H7Cl2N3. The largest absolute Gasteiger partial charge is 0.338 e. The Kier molecular flexibility index (Phi) is 2.50. The Hall–Kier alpha value is -1.58. The Morgan fingerprint density at radius 1 is 1.00 bits per heavy atom. The molecule has 0 aliphatic rings. The first kappa shape index (κ1) is 10.6. The van der Waals surface area contributed by atoms with Crippen LogP contribution in [0.3, 0.4) is 0 Å². The number of aromatic nitrogens is 3. The van der Waals surface area contributed by atoms with Crippen molar-refractivity contribution in [2.24, 2.45) is 0 Å². The van der Waals surface area contributed by atoms with Crippen LogP contribution in [0.4, 0.5) is 0 Å². The van der Waals surface area contributed by atoms with Crippen LogP contribution in [0.2, 0.25) is 10.2 Å². The second kappa shape index (κ2) is 4.02. The van der Waals surface area contributed by atoms with Crippen LogP contribution in [0.15, 0.2) is 36.5 Å². The molecule has 0 radical (unpaired) electrons. The quantitative estimate of drug-likeness (QED) is 0.676. The second-order valence-electron chi connectivity index (χ2n) is 3.59. The number of aromatic amines is 1.